The van der Waals surface area contributed by atoms with Crippen LogP contribution in [-0.2, 0) is 33.3 Å². The van der Waals surface area contributed by atoms with E-state index >= 15 is 0 Å². The minimum absolute atomic E-state index is 0.00584. The highest BCUT2D eigenvalue weighted by atomic mass is 32.2. The monoisotopic (exact) mass is 719 g/mol. The third-order valence-electron chi connectivity index (χ3n) is 8.74. The van der Waals surface area contributed by atoms with Crippen molar-refractivity contribution in [3.05, 3.63) is 60.2 Å². The number of hydrogen-bond acceptors (Lipinski definition) is 12. The lowest BCUT2D eigenvalue weighted by Gasteiger charge is -2.44. The van der Waals surface area contributed by atoms with Crippen LogP contribution in [0.1, 0.15) is 67.2 Å². The molecule has 0 radical (unpaired) electrons. The van der Waals surface area contributed by atoms with Crippen molar-refractivity contribution >= 4 is 36.1 Å². The van der Waals surface area contributed by atoms with Crippen LogP contribution < -0.4 is 19.5 Å². The fraction of sp³-hybridized carbons (Fsp3) is 0.595. The molecule has 0 aromatic heterocycles. The molecule has 2 heterocycles. The highest BCUT2D eigenvalue weighted by Crippen LogP contribution is 2.34. The van der Waals surface area contributed by atoms with E-state index in [1.807, 2.05) is 71.3 Å². The van der Waals surface area contributed by atoms with Gasteiger partial charge in [0.2, 0.25) is 5.91 Å². The molecule has 12 nitrogen and oxygen atoms in total. The van der Waals surface area contributed by atoms with Crippen LogP contribution in [0.15, 0.2) is 60.2 Å². The number of ether oxygens (including phenoxy) is 4. The molecule has 9 atom stereocenters. The average molecular weight is 720 g/mol. The first kappa shape index (κ1) is 43.0. The number of esters is 1. The van der Waals surface area contributed by atoms with E-state index in [9.17, 15) is 19.5 Å². The van der Waals surface area contributed by atoms with Crippen LogP contribution in [0.4, 0.5) is 5.69 Å². The highest BCUT2D eigenvalue weighted by Gasteiger charge is 2.45. The fourth-order valence-electron chi connectivity index (χ4n) is 5.72. The summed E-state index contributed by atoms with van der Waals surface area (Å²) in [5.74, 6) is 0.425. The van der Waals surface area contributed by atoms with Gasteiger partial charge in [-0.1, -0.05) is 30.7 Å². The van der Waals surface area contributed by atoms with Gasteiger partial charge in [0.15, 0.2) is 0 Å². The smallest absolute Gasteiger partial charge is 0.303 e. The quantitative estimate of drug-likeness (QED) is 0.0477. The number of amides is 1. The van der Waals surface area contributed by atoms with Gasteiger partial charge >= 0.3 is 5.97 Å². The average Bonchev–Trinajstić information content (AvgIpc) is 3.08. The Kier molecular flexibility index (Phi) is 18.8. The molecule has 2 aliphatic heterocycles. The zero-order chi connectivity index (χ0) is 37.3. The standard InChI is InChI=1S/C29H45NO8.C8H12N2OS/c1-18(9-12-26-28(34)29(6,35-7)17-23(38-26)14-15-31)8-11-25-19(2)16-24(21(4)37-25)30-27(33)13-10-20(3)36-22(5)32;1-9-7-3-5-8(6-4-7)11-12-10-2/h8-10,12-13,15,19-21,23-26,28,34H,11,14,16-17H2,1-7H3,(H,30,33);3-6,9-10H,1-2H3/b12-9+,13-10-,18-8+;/t19?,20?,21?,23-,24?,25?,26?,28-,29?;/m1./s1. The van der Waals surface area contributed by atoms with Gasteiger partial charge in [-0.2, -0.15) is 0 Å². The van der Waals surface area contributed by atoms with Crippen molar-refractivity contribution in [2.75, 3.05) is 26.5 Å². The number of carbonyl (C=O) groups excluding carboxylic acids is 3. The molecule has 0 aliphatic carbocycles. The SMILES string of the molecule is CNSOc1ccc(NC)cc1.COC1(C)C[C@@H](CC=O)OC(/C=C/C(C)=C/CC2OC(C)C(NC(=O)/C=C\C(C)OC(C)=O)CC2C)[C@H]1O. The van der Waals surface area contributed by atoms with Gasteiger partial charge in [-0.3, -0.25) is 9.59 Å². The van der Waals surface area contributed by atoms with Crippen molar-refractivity contribution in [2.24, 2.45) is 5.92 Å². The van der Waals surface area contributed by atoms with Crippen LogP contribution in [-0.4, -0.2) is 92.7 Å². The lowest BCUT2D eigenvalue weighted by atomic mass is 9.84. The van der Waals surface area contributed by atoms with Crippen molar-refractivity contribution in [2.45, 2.75) is 115 Å². The molecule has 0 bridgehead atoms. The molecule has 0 spiro atoms. The third kappa shape index (κ3) is 14.6. The first-order valence-electron chi connectivity index (χ1n) is 17.0. The number of aldehydes is 1. The molecule has 7 unspecified atom stereocenters. The number of methoxy groups -OCH3 is 1. The van der Waals surface area contributed by atoms with Crippen LogP contribution in [0, 0.1) is 5.92 Å². The minimum Gasteiger partial charge on any atom is -0.459 e. The fourth-order valence-corrected chi connectivity index (χ4v) is 6.01. The largest absolute Gasteiger partial charge is 0.459 e. The van der Waals surface area contributed by atoms with E-state index in [1.165, 1.54) is 25.2 Å². The highest BCUT2D eigenvalue weighted by molar-refractivity contribution is 7.93. The molecule has 2 saturated heterocycles. The number of aliphatic hydroxyl groups excluding tert-OH is 1. The molecule has 280 valence electrons. The summed E-state index contributed by atoms with van der Waals surface area (Å²) < 4.78 is 30.8. The molecule has 0 saturated carbocycles. The van der Waals surface area contributed by atoms with Gasteiger partial charge < -0.3 is 43.7 Å². The second kappa shape index (κ2) is 21.9. The van der Waals surface area contributed by atoms with Gasteiger partial charge in [0, 0.05) is 45.7 Å². The van der Waals surface area contributed by atoms with E-state index in [0.29, 0.717) is 12.8 Å². The van der Waals surface area contributed by atoms with Crippen LogP contribution in [0.25, 0.3) is 0 Å². The molecule has 2 fully saturated rings. The summed E-state index contributed by atoms with van der Waals surface area (Å²) in [6.07, 6.45) is 9.42. The summed E-state index contributed by atoms with van der Waals surface area (Å²) in [7, 11) is 5.26. The number of aliphatic hydroxyl groups is 1. The van der Waals surface area contributed by atoms with Crippen molar-refractivity contribution in [3.63, 3.8) is 0 Å². The zero-order valence-electron chi connectivity index (χ0n) is 30.8. The van der Waals surface area contributed by atoms with Crippen LogP contribution >= 0.6 is 12.2 Å². The van der Waals surface area contributed by atoms with Crippen molar-refractivity contribution < 1.29 is 42.6 Å². The molecule has 4 N–H and O–H groups in total. The Morgan fingerprint density at radius 1 is 1.12 bits per heavy atom. The summed E-state index contributed by atoms with van der Waals surface area (Å²) in [5, 5.41) is 16.8. The van der Waals surface area contributed by atoms with Crippen molar-refractivity contribution in [3.8, 4) is 5.75 Å². The lowest BCUT2D eigenvalue weighted by Crippen LogP contribution is -2.56. The number of hydrogen-bond donors (Lipinski definition) is 4. The number of anilines is 1. The summed E-state index contributed by atoms with van der Waals surface area (Å²) >= 11 is 1.20. The summed E-state index contributed by atoms with van der Waals surface area (Å²) in [6.45, 7) is 10.9. The first-order valence-corrected chi connectivity index (χ1v) is 17.8. The Balaban J connectivity index is 0.000000606. The number of allylic oxidation sites excluding steroid dienone is 2. The van der Waals surface area contributed by atoms with Gasteiger partial charge in [0.05, 0.1) is 30.0 Å². The van der Waals surface area contributed by atoms with Crippen LogP contribution in [0.2, 0.25) is 0 Å². The summed E-state index contributed by atoms with van der Waals surface area (Å²) in [5.41, 5.74) is 1.29. The van der Waals surface area contributed by atoms with E-state index in [4.69, 9.17) is 23.1 Å². The van der Waals surface area contributed by atoms with E-state index < -0.39 is 29.9 Å². The Morgan fingerprint density at radius 2 is 1.82 bits per heavy atom. The van der Waals surface area contributed by atoms with Crippen molar-refractivity contribution in [1.29, 1.82) is 0 Å². The third-order valence-corrected chi connectivity index (χ3v) is 9.19. The van der Waals surface area contributed by atoms with Gasteiger partial charge in [0.1, 0.15) is 42.6 Å². The second-order valence-corrected chi connectivity index (χ2v) is 13.6. The number of benzene rings is 1. The second-order valence-electron chi connectivity index (χ2n) is 12.9. The topological polar surface area (TPSA) is 154 Å². The normalized spacial score (nSPS) is 29.1. The Morgan fingerprint density at radius 3 is 2.42 bits per heavy atom. The molecule has 1 amide bonds. The van der Waals surface area contributed by atoms with Gasteiger partial charge in [0.25, 0.3) is 0 Å². The van der Waals surface area contributed by atoms with Crippen LogP contribution in [0.3, 0.4) is 0 Å². The zero-order valence-corrected chi connectivity index (χ0v) is 31.7. The van der Waals surface area contributed by atoms with Gasteiger partial charge in [-0.05, 0) is 83.8 Å². The number of rotatable bonds is 15. The Hall–Kier alpha value is -3.20. The summed E-state index contributed by atoms with van der Waals surface area (Å²) in [6, 6.07) is 7.63. The molecular formula is C37H57N3O9S. The molecular weight excluding hydrogens is 662 g/mol. The predicted molar refractivity (Wildman–Crippen MR) is 197 cm³/mol. The van der Waals surface area contributed by atoms with Gasteiger partial charge in [-0.25, -0.2) is 4.72 Å². The molecule has 2 aliphatic rings. The van der Waals surface area contributed by atoms with E-state index in [0.717, 1.165) is 29.7 Å². The molecule has 50 heavy (non-hydrogen) atoms. The van der Waals surface area contributed by atoms with E-state index in [-0.39, 0.29) is 42.6 Å². The predicted octanol–water partition coefficient (Wildman–Crippen LogP) is 5.09. The Labute approximate surface area is 302 Å². The lowest BCUT2D eigenvalue weighted by molar-refractivity contribution is -0.206. The molecule has 13 heteroatoms. The molecule has 1 aromatic carbocycles. The molecule has 3 rings (SSSR count). The van der Waals surface area contributed by atoms with Gasteiger partial charge in [-0.15, -0.1) is 0 Å². The van der Waals surface area contributed by atoms with Crippen molar-refractivity contribution in [1.82, 2.24) is 10.0 Å². The molecule has 1 aromatic rings. The maximum absolute atomic E-state index is 12.3. The maximum Gasteiger partial charge on any atom is 0.303 e. The Bertz CT molecular complexity index is 1290. The van der Waals surface area contributed by atoms with E-state index in [2.05, 4.69) is 28.4 Å². The maximum atomic E-state index is 12.3. The van der Waals surface area contributed by atoms with Crippen LogP contribution in [0.5, 0.6) is 5.75 Å². The van der Waals surface area contributed by atoms with E-state index in [1.54, 1.807) is 20.1 Å². The number of carbonyl (C=O) groups is 3. The number of nitrogens with one attached hydrogen (secondary N) is 3. The minimum atomic E-state index is -0.853. The first-order chi connectivity index (χ1) is 23.7. The summed E-state index contributed by atoms with van der Waals surface area (Å²) in [4.78, 5) is 34.3.